The molecule has 0 atom stereocenters. The first-order chi connectivity index (χ1) is 4.50. The summed E-state index contributed by atoms with van der Waals surface area (Å²) >= 11 is 0. The van der Waals surface area contributed by atoms with Gasteiger partial charge < -0.3 is 0 Å². The maximum absolute atomic E-state index is 10.9. The zero-order valence-electron chi connectivity index (χ0n) is 6.59. The molecule has 0 unspecified atom stereocenters. The molecule has 4 nitrogen and oxygen atoms in total. The van der Waals surface area contributed by atoms with Crippen LogP contribution in [0.25, 0.3) is 0 Å². The topological polar surface area (TPSA) is 49.4 Å². The first kappa shape index (κ1) is 9.87. The maximum Gasteiger partial charge on any atom is 0.278 e. The lowest BCUT2D eigenvalue weighted by molar-refractivity contribution is 0.505. The third-order valence-electron chi connectivity index (χ3n) is 1.02. The Morgan fingerprint density at radius 2 is 1.90 bits per heavy atom. The highest BCUT2D eigenvalue weighted by atomic mass is 32.2. The molecule has 0 fully saturated rings. The molecule has 0 amide bonds. The van der Waals surface area contributed by atoms with Gasteiger partial charge in [0, 0.05) is 20.6 Å². The largest absolute Gasteiger partial charge is 0.278 e. The van der Waals surface area contributed by atoms with Gasteiger partial charge in [-0.1, -0.05) is 6.92 Å². The van der Waals surface area contributed by atoms with Crippen molar-refractivity contribution in [3.8, 4) is 0 Å². The lowest BCUT2D eigenvalue weighted by Gasteiger charge is -2.10. The van der Waals surface area contributed by atoms with E-state index >= 15 is 0 Å². The highest BCUT2D eigenvalue weighted by Gasteiger charge is 2.09. The molecule has 0 bridgehead atoms. The number of nitrogens with zero attached hydrogens (tertiary/aromatic N) is 1. The standard InChI is InChI=1S/C5H14N2O2S/c1-4-5-6-10(8,9)7(2)3/h6H,4-5H2,1-3H3. The van der Waals surface area contributed by atoms with Crippen molar-refractivity contribution in [1.29, 1.82) is 0 Å². The molecule has 0 heterocycles. The molecule has 0 spiro atoms. The highest BCUT2D eigenvalue weighted by molar-refractivity contribution is 7.87. The van der Waals surface area contributed by atoms with E-state index in [9.17, 15) is 8.42 Å². The van der Waals surface area contributed by atoms with Crippen LogP contribution in [0.2, 0.25) is 0 Å². The Balaban J connectivity index is 3.90. The van der Waals surface area contributed by atoms with Crippen molar-refractivity contribution in [3.63, 3.8) is 0 Å². The Kier molecular flexibility index (Phi) is 3.85. The van der Waals surface area contributed by atoms with Crippen LogP contribution in [0.5, 0.6) is 0 Å². The lowest BCUT2D eigenvalue weighted by atomic mass is 10.5. The SMILES string of the molecule is CCCNS(=O)(=O)N(C)C. The van der Waals surface area contributed by atoms with Crippen LogP contribution in [-0.2, 0) is 10.2 Å². The average Bonchev–Trinajstić information content (AvgIpc) is 1.84. The van der Waals surface area contributed by atoms with E-state index in [-0.39, 0.29) is 0 Å². The summed E-state index contributed by atoms with van der Waals surface area (Å²) in [4.78, 5) is 0. The minimum atomic E-state index is -3.18. The first-order valence-electron chi connectivity index (χ1n) is 3.18. The molecule has 0 aromatic heterocycles. The summed E-state index contributed by atoms with van der Waals surface area (Å²) < 4.78 is 25.4. The zero-order valence-corrected chi connectivity index (χ0v) is 7.40. The molecule has 0 aliphatic heterocycles. The van der Waals surface area contributed by atoms with Crippen LogP contribution >= 0.6 is 0 Å². The fourth-order valence-corrected chi connectivity index (χ4v) is 1.08. The van der Waals surface area contributed by atoms with Crippen LogP contribution in [-0.4, -0.2) is 33.4 Å². The third-order valence-corrected chi connectivity index (χ3v) is 2.55. The molecule has 5 heteroatoms. The smallest absolute Gasteiger partial charge is 0.202 e. The summed E-state index contributed by atoms with van der Waals surface area (Å²) in [5.41, 5.74) is 0. The normalized spacial score (nSPS) is 12.4. The minimum Gasteiger partial charge on any atom is -0.202 e. The molecular formula is C5H14N2O2S. The summed E-state index contributed by atoms with van der Waals surface area (Å²) in [7, 11) is -0.181. The Bertz CT molecular complexity index is 174. The predicted octanol–water partition coefficient (Wildman–Crippen LogP) is -0.208. The molecule has 0 aliphatic rings. The van der Waals surface area contributed by atoms with Gasteiger partial charge in [0.25, 0.3) is 10.2 Å². The fourth-order valence-electron chi connectivity index (χ4n) is 0.360. The maximum atomic E-state index is 10.9. The Hall–Kier alpha value is -0.130. The summed E-state index contributed by atoms with van der Waals surface area (Å²) in [6, 6.07) is 0. The molecule has 0 rings (SSSR count). The molecule has 10 heavy (non-hydrogen) atoms. The van der Waals surface area contributed by atoms with Gasteiger partial charge in [-0.3, -0.25) is 0 Å². The second-order valence-electron chi connectivity index (χ2n) is 2.18. The average molecular weight is 166 g/mol. The first-order valence-corrected chi connectivity index (χ1v) is 4.62. The van der Waals surface area contributed by atoms with Gasteiger partial charge in [0.2, 0.25) is 0 Å². The molecule has 0 aliphatic carbocycles. The zero-order chi connectivity index (χ0) is 8.20. The summed E-state index contributed by atoms with van der Waals surface area (Å²) in [6.07, 6.45) is 0.813. The van der Waals surface area contributed by atoms with Gasteiger partial charge in [-0.05, 0) is 6.42 Å². The van der Waals surface area contributed by atoms with Crippen molar-refractivity contribution in [2.45, 2.75) is 13.3 Å². The summed E-state index contributed by atoms with van der Waals surface area (Å²) in [6.45, 7) is 2.42. The van der Waals surface area contributed by atoms with Crippen molar-refractivity contribution in [3.05, 3.63) is 0 Å². The molecule has 0 saturated carbocycles. The number of hydrogen-bond acceptors (Lipinski definition) is 2. The molecule has 0 saturated heterocycles. The van der Waals surface area contributed by atoms with E-state index in [2.05, 4.69) is 4.72 Å². The summed E-state index contributed by atoms with van der Waals surface area (Å²) in [5.74, 6) is 0. The number of hydrogen-bond donors (Lipinski definition) is 1. The van der Waals surface area contributed by atoms with Crippen molar-refractivity contribution in [1.82, 2.24) is 9.03 Å². The molecule has 0 radical (unpaired) electrons. The molecule has 62 valence electrons. The molecule has 0 aromatic rings. The van der Waals surface area contributed by atoms with E-state index in [1.165, 1.54) is 14.1 Å². The number of nitrogens with one attached hydrogen (secondary N) is 1. The molecular weight excluding hydrogens is 152 g/mol. The molecule has 1 N–H and O–H groups in total. The van der Waals surface area contributed by atoms with Crippen LogP contribution in [0.3, 0.4) is 0 Å². The fraction of sp³-hybridized carbons (Fsp3) is 1.00. The minimum absolute atomic E-state index is 0.501. The van der Waals surface area contributed by atoms with E-state index in [4.69, 9.17) is 0 Å². The van der Waals surface area contributed by atoms with Crippen LogP contribution < -0.4 is 4.72 Å². The summed E-state index contributed by atoms with van der Waals surface area (Å²) in [5, 5.41) is 0. The van der Waals surface area contributed by atoms with Crippen LogP contribution in [0, 0.1) is 0 Å². The van der Waals surface area contributed by atoms with Crippen molar-refractivity contribution >= 4 is 10.2 Å². The van der Waals surface area contributed by atoms with E-state index in [1.54, 1.807) is 0 Å². The van der Waals surface area contributed by atoms with E-state index in [0.717, 1.165) is 10.7 Å². The van der Waals surface area contributed by atoms with Crippen LogP contribution in [0.1, 0.15) is 13.3 Å². The Morgan fingerprint density at radius 1 is 1.40 bits per heavy atom. The van der Waals surface area contributed by atoms with E-state index in [0.29, 0.717) is 6.54 Å². The van der Waals surface area contributed by atoms with Crippen molar-refractivity contribution in [2.75, 3.05) is 20.6 Å². The van der Waals surface area contributed by atoms with Gasteiger partial charge in [-0.25, -0.2) is 4.72 Å². The van der Waals surface area contributed by atoms with Gasteiger partial charge in [-0.2, -0.15) is 12.7 Å². The van der Waals surface area contributed by atoms with Gasteiger partial charge in [-0.15, -0.1) is 0 Å². The van der Waals surface area contributed by atoms with Crippen LogP contribution in [0.4, 0.5) is 0 Å². The van der Waals surface area contributed by atoms with Gasteiger partial charge in [0.1, 0.15) is 0 Å². The highest BCUT2D eigenvalue weighted by Crippen LogP contribution is 1.87. The quantitative estimate of drug-likeness (QED) is 0.628. The second kappa shape index (κ2) is 3.90. The number of rotatable bonds is 4. The Morgan fingerprint density at radius 3 is 2.20 bits per heavy atom. The van der Waals surface area contributed by atoms with Crippen molar-refractivity contribution < 1.29 is 8.42 Å². The monoisotopic (exact) mass is 166 g/mol. The van der Waals surface area contributed by atoms with Crippen LogP contribution in [0.15, 0.2) is 0 Å². The molecule has 0 aromatic carbocycles. The van der Waals surface area contributed by atoms with E-state index in [1.807, 2.05) is 6.92 Å². The van der Waals surface area contributed by atoms with Gasteiger partial charge >= 0.3 is 0 Å². The van der Waals surface area contributed by atoms with E-state index < -0.39 is 10.2 Å². The second-order valence-corrected chi connectivity index (χ2v) is 4.15. The van der Waals surface area contributed by atoms with Gasteiger partial charge in [0.05, 0.1) is 0 Å². The lowest BCUT2D eigenvalue weighted by Crippen LogP contribution is -2.35. The van der Waals surface area contributed by atoms with Gasteiger partial charge in [0.15, 0.2) is 0 Å². The third kappa shape index (κ3) is 3.14. The van der Waals surface area contributed by atoms with Crippen molar-refractivity contribution in [2.24, 2.45) is 0 Å². The predicted molar refractivity (Wildman–Crippen MR) is 40.9 cm³/mol. The Labute approximate surface area is 62.4 Å².